The van der Waals surface area contributed by atoms with Gasteiger partial charge in [0.25, 0.3) is 0 Å². The lowest BCUT2D eigenvalue weighted by Gasteiger charge is -2.35. The highest BCUT2D eigenvalue weighted by molar-refractivity contribution is 7.10. The van der Waals surface area contributed by atoms with Gasteiger partial charge in [-0.25, -0.2) is 0 Å². The lowest BCUT2D eigenvalue weighted by Crippen LogP contribution is -2.50. The Labute approximate surface area is 118 Å². The summed E-state index contributed by atoms with van der Waals surface area (Å²) in [5.41, 5.74) is 1.42. The molecule has 0 aliphatic carbocycles. The van der Waals surface area contributed by atoms with Gasteiger partial charge in [-0.2, -0.15) is 0 Å². The first-order valence-corrected chi connectivity index (χ1v) is 7.92. The fourth-order valence-corrected chi connectivity index (χ4v) is 3.93. The standard InChI is InChI=1S/C14H21N3OS/c1-11-12-3-9-19-13(12)2-6-17(11)10-14(18)16-7-4-15-5-8-16/h3,9,11,15H,2,4-8,10H2,1H3. The maximum absolute atomic E-state index is 12.3. The van der Waals surface area contributed by atoms with Gasteiger partial charge >= 0.3 is 0 Å². The van der Waals surface area contributed by atoms with Crippen LogP contribution in [0.4, 0.5) is 0 Å². The van der Waals surface area contributed by atoms with Crippen LogP contribution in [0.5, 0.6) is 0 Å². The molecule has 0 aromatic carbocycles. The van der Waals surface area contributed by atoms with E-state index in [9.17, 15) is 4.79 Å². The third kappa shape index (κ3) is 2.68. The molecule has 1 N–H and O–H groups in total. The minimum Gasteiger partial charge on any atom is -0.339 e. The normalized spacial score (nSPS) is 24.3. The summed E-state index contributed by atoms with van der Waals surface area (Å²) < 4.78 is 0. The van der Waals surface area contributed by atoms with Crippen molar-refractivity contribution in [2.75, 3.05) is 39.3 Å². The third-order valence-corrected chi connectivity index (χ3v) is 5.21. The molecule has 0 radical (unpaired) electrons. The number of nitrogens with one attached hydrogen (secondary N) is 1. The number of rotatable bonds is 2. The number of nitrogens with zero attached hydrogens (tertiary/aromatic N) is 2. The van der Waals surface area contributed by atoms with E-state index in [0.717, 1.165) is 39.1 Å². The summed E-state index contributed by atoms with van der Waals surface area (Å²) in [6, 6.07) is 2.59. The van der Waals surface area contributed by atoms with Crippen molar-refractivity contribution in [3.8, 4) is 0 Å². The molecule has 1 fully saturated rings. The largest absolute Gasteiger partial charge is 0.339 e. The van der Waals surface area contributed by atoms with Crippen molar-refractivity contribution >= 4 is 17.2 Å². The second kappa shape index (κ2) is 5.61. The van der Waals surface area contributed by atoms with Crippen LogP contribution in [0.3, 0.4) is 0 Å². The summed E-state index contributed by atoms with van der Waals surface area (Å²) in [6.07, 6.45) is 1.09. The van der Waals surface area contributed by atoms with Gasteiger partial charge in [0.1, 0.15) is 0 Å². The first-order chi connectivity index (χ1) is 9.25. The zero-order valence-electron chi connectivity index (χ0n) is 11.4. The number of fused-ring (bicyclic) bond motifs is 1. The minimum absolute atomic E-state index is 0.284. The molecule has 0 spiro atoms. The van der Waals surface area contributed by atoms with E-state index in [-0.39, 0.29) is 5.91 Å². The van der Waals surface area contributed by atoms with Gasteiger partial charge < -0.3 is 10.2 Å². The van der Waals surface area contributed by atoms with E-state index in [1.807, 2.05) is 16.2 Å². The van der Waals surface area contributed by atoms with Gasteiger partial charge in [-0.15, -0.1) is 11.3 Å². The quantitative estimate of drug-likeness (QED) is 0.880. The molecule has 3 rings (SSSR count). The maximum atomic E-state index is 12.3. The van der Waals surface area contributed by atoms with Crippen molar-refractivity contribution in [1.29, 1.82) is 0 Å². The highest BCUT2D eigenvalue weighted by Crippen LogP contribution is 2.32. The lowest BCUT2D eigenvalue weighted by atomic mass is 10.0. The molecule has 1 atom stereocenters. The van der Waals surface area contributed by atoms with Gasteiger partial charge in [0, 0.05) is 43.6 Å². The summed E-state index contributed by atoms with van der Waals surface area (Å²) in [6.45, 7) is 7.35. The average Bonchev–Trinajstić information content (AvgIpc) is 2.92. The zero-order chi connectivity index (χ0) is 13.2. The smallest absolute Gasteiger partial charge is 0.236 e. The molecule has 0 bridgehead atoms. The van der Waals surface area contributed by atoms with Crippen LogP contribution in [0.2, 0.25) is 0 Å². The van der Waals surface area contributed by atoms with Crippen LogP contribution >= 0.6 is 11.3 Å². The van der Waals surface area contributed by atoms with Crippen molar-refractivity contribution in [1.82, 2.24) is 15.1 Å². The van der Waals surface area contributed by atoms with Gasteiger partial charge in [-0.3, -0.25) is 9.69 Å². The van der Waals surface area contributed by atoms with Crippen LogP contribution in [0.1, 0.15) is 23.4 Å². The van der Waals surface area contributed by atoms with Gasteiger partial charge in [0.15, 0.2) is 0 Å². The first kappa shape index (κ1) is 13.1. The Morgan fingerprint density at radius 2 is 2.21 bits per heavy atom. The summed E-state index contributed by atoms with van der Waals surface area (Å²) >= 11 is 1.85. The van der Waals surface area contributed by atoms with Crippen molar-refractivity contribution in [3.05, 3.63) is 21.9 Å². The number of hydrogen-bond donors (Lipinski definition) is 1. The highest BCUT2D eigenvalue weighted by atomic mass is 32.1. The molecular formula is C14H21N3OS. The molecule has 3 heterocycles. The molecule has 4 nitrogen and oxygen atoms in total. The fraction of sp³-hybridized carbons (Fsp3) is 0.643. The Hall–Kier alpha value is -0.910. The second-order valence-corrected chi connectivity index (χ2v) is 6.33. The van der Waals surface area contributed by atoms with E-state index >= 15 is 0 Å². The van der Waals surface area contributed by atoms with Crippen LogP contribution in [-0.2, 0) is 11.2 Å². The maximum Gasteiger partial charge on any atom is 0.236 e. The number of hydrogen-bond acceptors (Lipinski definition) is 4. The van der Waals surface area contributed by atoms with Crippen LogP contribution in [-0.4, -0.2) is 55.0 Å². The molecule has 5 heteroatoms. The Bertz CT molecular complexity index is 453. The van der Waals surface area contributed by atoms with E-state index in [1.54, 1.807) is 0 Å². The summed E-state index contributed by atoms with van der Waals surface area (Å²) in [5.74, 6) is 0.284. The summed E-state index contributed by atoms with van der Waals surface area (Å²) in [5, 5.41) is 5.45. The number of carbonyl (C=O) groups excluding carboxylic acids is 1. The molecule has 1 aromatic rings. The van der Waals surface area contributed by atoms with Gasteiger partial charge in [0.05, 0.1) is 6.54 Å². The third-order valence-electron chi connectivity index (χ3n) is 4.21. The molecule has 1 unspecified atom stereocenters. The number of amides is 1. The van der Waals surface area contributed by atoms with Crippen LogP contribution in [0, 0.1) is 0 Å². The molecule has 1 saturated heterocycles. The van der Waals surface area contributed by atoms with Crippen molar-refractivity contribution in [2.24, 2.45) is 0 Å². The second-order valence-electron chi connectivity index (χ2n) is 5.33. The van der Waals surface area contributed by atoms with Crippen molar-refractivity contribution < 1.29 is 4.79 Å². The molecular weight excluding hydrogens is 258 g/mol. The number of thiophene rings is 1. The number of carbonyl (C=O) groups is 1. The molecule has 0 saturated carbocycles. The fourth-order valence-electron chi connectivity index (χ4n) is 2.97. The van der Waals surface area contributed by atoms with Crippen LogP contribution in [0.15, 0.2) is 11.4 Å². The highest BCUT2D eigenvalue weighted by Gasteiger charge is 2.27. The predicted molar refractivity (Wildman–Crippen MR) is 77.5 cm³/mol. The number of piperazine rings is 1. The Morgan fingerprint density at radius 3 is 3.00 bits per heavy atom. The predicted octanol–water partition coefficient (Wildman–Crippen LogP) is 1.10. The Balaban J connectivity index is 1.62. The van der Waals surface area contributed by atoms with Gasteiger partial charge in [-0.1, -0.05) is 0 Å². The SMILES string of the molecule is CC1c2ccsc2CCN1CC(=O)N1CCNCC1. The van der Waals surface area contributed by atoms with E-state index in [2.05, 4.69) is 28.6 Å². The van der Waals surface area contributed by atoms with Crippen LogP contribution < -0.4 is 5.32 Å². The molecule has 1 aromatic heterocycles. The van der Waals surface area contributed by atoms with E-state index in [0.29, 0.717) is 12.6 Å². The summed E-state index contributed by atoms with van der Waals surface area (Å²) in [7, 11) is 0. The monoisotopic (exact) mass is 279 g/mol. The van der Waals surface area contributed by atoms with Crippen molar-refractivity contribution in [3.63, 3.8) is 0 Å². The van der Waals surface area contributed by atoms with Crippen molar-refractivity contribution in [2.45, 2.75) is 19.4 Å². The summed E-state index contributed by atoms with van der Waals surface area (Å²) in [4.78, 5) is 18.1. The molecule has 1 amide bonds. The van der Waals surface area contributed by atoms with E-state index < -0.39 is 0 Å². The topological polar surface area (TPSA) is 35.6 Å². The van der Waals surface area contributed by atoms with Crippen LogP contribution in [0.25, 0.3) is 0 Å². The lowest BCUT2D eigenvalue weighted by molar-refractivity contribution is -0.133. The van der Waals surface area contributed by atoms with E-state index in [4.69, 9.17) is 0 Å². The first-order valence-electron chi connectivity index (χ1n) is 7.04. The Morgan fingerprint density at radius 1 is 1.42 bits per heavy atom. The minimum atomic E-state index is 0.284. The van der Waals surface area contributed by atoms with Gasteiger partial charge in [-0.05, 0) is 30.4 Å². The Kier molecular flexibility index (Phi) is 3.86. The van der Waals surface area contributed by atoms with E-state index in [1.165, 1.54) is 10.4 Å². The molecule has 104 valence electrons. The average molecular weight is 279 g/mol. The van der Waals surface area contributed by atoms with Gasteiger partial charge in [0.2, 0.25) is 5.91 Å². The molecule has 2 aliphatic heterocycles. The molecule has 19 heavy (non-hydrogen) atoms. The molecule has 2 aliphatic rings. The zero-order valence-corrected chi connectivity index (χ0v) is 12.2.